The molecule has 6 atom stereocenters. The largest absolute Gasteiger partial charge is 0.462 e. The number of fused-ring (bicyclic) bond motifs is 1. The Morgan fingerprint density at radius 1 is 1.38 bits per heavy atom. The number of aromatic nitrogens is 4. The molecule has 1 fully saturated rings. The first-order valence-electron chi connectivity index (χ1n) is 11.9. The number of carbonyl (C=O) groups excluding carboxylic acids is 1. The molecular formula is C23H26ClFN7O7P. The van der Waals surface area contributed by atoms with Crippen molar-refractivity contribution in [3.63, 3.8) is 0 Å². The average molecular weight is 598 g/mol. The van der Waals surface area contributed by atoms with Crippen molar-refractivity contribution in [1.82, 2.24) is 24.8 Å². The Bertz CT molecular complexity index is 1470. The lowest BCUT2D eigenvalue weighted by molar-refractivity contribution is -0.149. The average Bonchev–Trinajstić information content (AvgIpc) is 3.41. The minimum absolute atomic E-state index is 0.00279. The van der Waals surface area contributed by atoms with E-state index >= 15 is 4.39 Å². The Morgan fingerprint density at radius 3 is 2.73 bits per heavy atom. The number of benzene rings is 1. The van der Waals surface area contributed by atoms with E-state index in [9.17, 15) is 19.7 Å². The van der Waals surface area contributed by atoms with E-state index in [1.54, 1.807) is 38.1 Å². The van der Waals surface area contributed by atoms with E-state index in [0.717, 1.165) is 11.0 Å². The SMILES string of the molecule is CC(C)OC(=O)[C@H](C)NP(=O)(OC[C@H]1O[C@@](C#N)(n2ncc3c(N)ncnc32)[C@@](F)(Cl)[C@@H]1O)Oc1ccccc1. The third kappa shape index (κ3) is 5.46. The van der Waals surface area contributed by atoms with Crippen molar-refractivity contribution < 1.29 is 37.4 Å². The number of anilines is 1. The molecule has 0 aliphatic carbocycles. The van der Waals surface area contributed by atoms with Crippen molar-refractivity contribution in [2.24, 2.45) is 0 Å². The first kappa shape index (κ1) is 29.6. The minimum atomic E-state index is -4.42. The van der Waals surface area contributed by atoms with Gasteiger partial charge in [0.2, 0.25) is 0 Å². The predicted molar refractivity (Wildman–Crippen MR) is 138 cm³/mol. The molecule has 1 unspecified atom stereocenters. The zero-order chi connectivity index (χ0) is 29.3. The lowest BCUT2D eigenvalue weighted by Gasteiger charge is -2.29. The molecule has 4 N–H and O–H groups in total. The number of rotatable bonds is 10. The van der Waals surface area contributed by atoms with E-state index < -0.39 is 55.5 Å². The number of halogens is 2. The van der Waals surface area contributed by atoms with Crippen molar-refractivity contribution in [3.05, 3.63) is 42.9 Å². The first-order chi connectivity index (χ1) is 18.8. The summed E-state index contributed by atoms with van der Waals surface area (Å²) in [6.45, 7) is 3.85. The van der Waals surface area contributed by atoms with Crippen LogP contribution in [0, 0.1) is 11.3 Å². The molecule has 4 rings (SSSR count). The second-order valence-corrected chi connectivity index (χ2v) is 11.3. The summed E-state index contributed by atoms with van der Waals surface area (Å²) in [5.41, 5.74) is 2.96. The van der Waals surface area contributed by atoms with Gasteiger partial charge in [-0.05, 0) is 32.9 Å². The smallest absolute Gasteiger partial charge is 0.459 e. The maximum atomic E-state index is 16.0. The van der Waals surface area contributed by atoms with Gasteiger partial charge in [-0.15, -0.1) is 0 Å². The van der Waals surface area contributed by atoms with Gasteiger partial charge >= 0.3 is 19.4 Å². The van der Waals surface area contributed by atoms with E-state index in [1.165, 1.54) is 25.3 Å². The van der Waals surface area contributed by atoms with E-state index in [1.807, 2.05) is 0 Å². The molecule has 1 aliphatic heterocycles. The van der Waals surface area contributed by atoms with E-state index in [0.29, 0.717) is 0 Å². The number of hydrogen-bond acceptors (Lipinski definition) is 12. The maximum absolute atomic E-state index is 16.0. The number of ether oxygens (including phenoxy) is 2. The van der Waals surface area contributed by atoms with Gasteiger partial charge in [-0.2, -0.15) is 20.1 Å². The molecule has 1 aliphatic rings. The number of carbonyl (C=O) groups is 1. The number of nitrogen functional groups attached to an aromatic ring is 1. The van der Waals surface area contributed by atoms with Crippen LogP contribution in [0.4, 0.5) is 10.2 Å². The molecule has 0 spiro atoms. The second-order valence-electron chi connectivity index (χ2n) is 9.07. The highest BCUT2D eigenvalue weighted by molar-refractivity contribution is 7.52. The highest BCUT2D eigenvalue weighted by Gasteiger charge is 2.70. The zero-order valence-corrected chi connectivity index (χ0v) is 23.1. The molecule has 3 aromatic rings. The summed E-state index contributed by atoms with van der Waals surface area (Å²) in [5.74, 6) is -0.636. The van der Waals surface area contributed by atoms with E-state index in [-0.39, 0.29) is 22.6 Å². The van der Waals surface area contributed by atoms with Gasteiger partial charge < -0.3 is 24.8 Å². The van der Waals surface area contributed by atoms with Gasteiger partial charge in [0.05, 0.1) is 24.3 Å². The number of nitriles is 1. The van der Waals surface area contributed by atoms with Gasteiger partial charge in [0, 0.05) is 0 Å². The van der Waals surface area contributed by atoms with Crippen LogP contribution in [0.1, 0.15) is 20.8 Å². The van der Waals surface area contributed by atoms with Crippen molar-refractivity contribution in [3.8, 4) is 11.8 Å². The molecular weight excluding hydrogens is 572 g/mol. The number of aliphatic hydroxyl groups excluding tert-OH is 1. The molecule has 0 saturated carbocycles. The summed E-state index contributed by atoms with van der Waals surface area (Å²) >= 11 is 6.09. The summed E-state index contributed by atoms with van der Waals surface area (Å²) in [4.78, 5) is 20.1. The van der Waals surface area contributed by atoms with Crippen LogP contribution in [0.15, 0.2) is 42.9 Å². The number of para-hydroxylation sites is 1. The lowest BCUT2D eigenvalue weighted by atomic mass is 10.0. The number of nitrogens with one attached hydrogen (secondary N) is 1. The number of alkyl halides is 2. The highest BCUT2D eigenvalue weighted by atomic mass is 35.5. The maximum Gasteiger partial charge on any atom is 0.459 e. The molecule has 3 heterocycles. The molecule has 1 saturated heterocycles. The molecule has 214 valence electrons. The number of hydrogen-bond donors (Lipinski definition) is 3. The number of nitrogens with zero attached hydrogens (tertiary/aromatic N) is 5. The fourth-order valence-corrected chi connectivity index (χ4v) is 5.67. The lowest BCUT2D eigenvalue weighted by Crippen LogP contribution is -2.50. The van der Waals surface area contributed by atoms with Crippen LogP contribution >= 0.6 is 19.3 Å². The molecule has 0 amide bonds. The summed E-state index contributed by atoms with van der Waals surface area (Å²) in [6, 6.07) is 8.33. The van der Waals surface area contributed by atoms with Crippen LogP contribution in [-0.2, 0) is 29.1 Å². The molecule has 0 radical (unpaired) electrons. The molecule has 40 heavy (non-hydrogen) atoms. The molecule has 2 aromatic heterocycles. The first-order valence-corrected chi connectivity index (χ1v) is 13.8. The van der Waals surface area contributed by atoms with Crippen LogP contribution in [0.25, 0.3) is 11.0 Å². The number of esters is 1. The van der Waals surface area contributed by atoms with Crippen LogP contribution < -0.4 is 15.3 Å². The molecule has 1 aromatic carbocycles. The van der Waals surface area contributed by atoms with Gasteiger partial charge in [-0.3, -0.25) is 9.32 Å². The van der Waals surface area contributed by atoms with Crippen LogP contribution in [-0.4, -0.2) is 66.9 Å². The fraction of sp³-hybridized carbons (Fsp3) is 0.435. The Morgan fingerprint density at radius 2 is 2.08 bits per heavy atom. The third-order valence-corrected chi connectivity index (χ3v) is 7.90. The van der Waals surface area contributed by atoms with Crippen molar-refractivity contribution >= 4 is 42.2 Å². The minimum Gasteiger partial charge on any atom is -0.462 e. The van der Waals surface area contributed by atoms with Gasteiger partial charge in [0.1, 0.15) is 42.2 Å². The van der Waals surface area contributed by atoms with Gasteiger partial charge in [-0.1, -0.05) is 29.8 Å². The van der Waals surface area contributed by atoms with Crippen LogP contribution in [0.5, 0.6) is 5.75 Å². The van der Waals surface area contributed by atoms with Crippen molar-refractivity contribution in [2.75, 3.05) is 12.3 Å². The standard InChI is InChI=1S/C23H26ClFN7O7P/c1-13(2)37-21(34)14(3)31-40(35,39-15-7-5-4-6-8-15)36-10-17-18(33)23(24,25)22(11-26,38-17)32-20-16(9-30-32)19(27)28-12-29-20/h4-9,12-14,17-18,33H,10H2,1-3H3,(H,31,35)(H2,27,28,29)/t14-,17+,18+,22+,23+,40?/m0/s1. The van der Waals surface area contributed by atoms with Crippen molar-refractivity contribution in [2.45, 2.75) is 56.0 Å². The van der Waals surface area contributed by atoms with Gasteiger partial charge in [0.15, 0.2) is 5.65 Å². The quantitative estimate of drug-likeness (QED) is 0.175. The second kappa shape index (κ2) is 11.2. The van der Waals surface area contributed by atoms with E-state index in [2.05, 4.69) is 20.2 Å². The van der Waals surface area contributed by atoms with Crippen molar-refractivity contribution in [1.29, 1.82) is 5.26 Å². The van der Waals surface area contributed by atoms with Crippen LogP contribution in [0.3, 0.4) is 0 Å². The molecule has 0 bridgehead atoms. The Balaban J connectivity index is 1.61. The Hall–Kier alpha value is -3.38. The molecule has 14 nitrogen and oxygen atoms in total. The fourth-order valence-electron chi connectivity index (χ4n) is 3.86. The summed E-state index contributed by atoms with van der Waals surface area (Å²) in [7, 11) is -4.42. The topological polar surface area (TPSA) is 197 Å². The zero-order valence-electron chi connectivity index (χ0n) is 21.5. The molecule has 17 heteroatoms. The van der Waals surface area contributed by atoms with Gasteiger partial charge in [0.25, 0.3) is 5.13 Å². The normalized spacial score (nSPS) is 26.8. The monoisotopic (exact) mass is 597 g/mol. The number of aliphatic hydroxyl groups is 1. The number of nitrogens with two attached hydrogens (primary N) is 1. The third-order valence-electron chi connectivity index (χ3n) is 5.78. The van der Waals surface area contributed by atoms with Crippen LogP contribution in [0.2, 0.25) is 0 Å². The van der Waals surface area contributed by atoms with Gasteiger partial charge in [-0.25, -0.2) is 18.9 Å². The Labute approximate surface area is 232 Å². The predicted octanol–water partition coefficient (Wildman–Crippen LogP) is 2.38. The summed E-state index contributed by atoms with van der Waals surface area (Å²) < 4.78 is 52.2. The Kier molecular flexibility index (Phi) is 8.32. The van der Waals surface area contributed by atoms with E-state index in [4.69, 9.17) is 35.9 Å². The summed E-state index contributed by atoms with van der Waals surface area (Å²) in [5, 5.41) is 24.1. The highest BCUT2D eigenvalue weighted by Crippen LogP contribution is 2.52. The summed E-state index contributed by atoms with van der Waals surface area (Å²) in [6.07, 6.45) is -2.07.